The molecule has 0 unspecified atom stereocenters. The molecule has 138 valence electrons. The summed E-state index contributed by atoms with van der Waals surface area (Å²) >= 11 is 0. The quantitative estimate of drug-likeness (QED) is 0.745. The normalized spacial score (nSPS) is 11.8. The van der Waals surface area contributed by atoms with Gasteiger partial charge in [-0.25, -0.2) is 0 Å². The minimum atomic E-state index is 0.409. The molecule has 0 heterocycles. The van der Waals surface area contributed by atoms with Crippen LogP contribution in [0, 0.1) is 0 Å². The van der Waals surface area contributed by atoms with Crippen LogP contribution in [0.1, 0.15) is 16.7 Å². The van der Waals surface area contributed by atoms with Crippen molar-refractivity contribution in [2.75, 3.05) is 42.3 Å². The van der Waals surface area contributed by atoms with Gasteiger partial charge in [-0.05, 0) is 54.6 Å². The van der Waals surface area contributed by atoms with Gasteiger partial charge in [-0.3, -0.25) is 0 Å². The summed E-state index contributed by atoms with van der Waals surface area (Å²) in [6.07, 6.45) is 14.7. The van der Waals surface area contributed by atoms with Gasteiger partial charge >= 0.3 is 0 Å². The van der Waals surface area contributed by atoms with Crippen LogP contribution in [0.4, 0.5) is 0 Å². The second-order valence-electron chi connectivity index (χ2n) is 6.92. The summed E-state index contributed by atoms with van der Waals surface area (Å²) in [5.74, 6) is 0.409. The molecule has 1 rings (SSSR count). The van der Waals surface area contributed by atoms with E-state index in [0.717, 1.165) is 30.4 Å². The van der Waals surface area contributed by atoms with E-state index in [4.69, 9.17) is 0 Å². The predicted molar refractivity (Wildman–Crippen MR) is 108 cm³/mol. The van der Waals surface area contributed by atoms with Crippen molar-refractivity contribution in [3.63, 3.8) is 0 Å². The summed E-state index contributed by atoms with van der Waals surface area (Å²) in [6, 6.07) is 4.21. The first-order valence-electron chi connectivity index (χ1n) is 8.62. The number of phenols is 1. The fraction of sp³-hybridized carbons (Fsp3) is 0.429. The van der Waals surface area contributed by atoms with Gasteiger partial charge in [-0.1, -0.05) is 30.4 Å². The molecule has 0 atom stereocenters. The van der Waals surface area contributed by atoms with Gasteiger partial charge in [0.25, 0.3) is 0 Å². The van der Waals surface area contributed by atoms with E-state index >= 15 is 0 Å². The van der Waals surface area contributed by atoms with Crippen LogP contribution in [0.25, 0.3) is 0 Å². The van der Waals surface area contributed by atoms with E-state index in [1.54, 1.807) is 0 Å². The second-order valence-corrected chi connectivity index (χ2v) is 6.92. The molecule has 4 heteroatoms. The fourth-order valence-electron chi connectivity index (χ4n) is 2.44. The molecular weight excluding hydrogens is 310 g/mol. The van der Waals surface area contributed by atoms with Crippen molar-refractivity contribution in [1.29, 1.82) is 0 Å². The zero-order valence-corrected chi connectivity index (χ0v) is 16.5. The van der Waals surface area contributed by atoms with Crippen LogP contribution < -0.4 is 0 Å². The molecule has 0 aliphatic carbocycles. The molecule has 0 saturated heterocycles. The number of hydrogen-bond donors (Lipinski definition) is 1. The Morgan fingerprint density at radius 1 is 0.680 bits per heavy atom. The maximum atomic E-state index is 10.6. The maximum Gasteiger partial charge on any atom is 0.122 e. The van der Waals surface area contributed by atoms with E-state index in [1.807, 2.05) is 69.4 Å². The van der Waals surface area contributed by atoms with E-state index in [0.29, 0.717) is 5.75 Å². The number of phenolic OH excluding ortho intramolecular Hbond substituents is 1. The number of nitrogens with zero attached hydrogens (tertiary/aromatic N) is 3. The molecule has 0 radical (unpaired) electrons. The third kappa shape index (κ3) is 8.34. The lowest BCUT2D eigenvalue weighted by molar-refractivity contribution is 0.463. The Labute approximate surface area is 153 Å². The molecule has 0 spiro atoms. The molecular formula is C21H33N3O. The first-order chi connectivity index (χ1) is 11.8. The van der Waals surface area contributed by atoms with Gasteiger partial charge in [0, 0.05) is 42.3 Å². The summed E-state index contributed by atoms with van der Waals surface area (Å²) in [7, 11) is 12.0. The zero-order chi connectivity index (χ0) is 18.8. The van der Waals surface area contributed by atoms with Crippen molar-refractivity contribution < 1.29 is 5.11 Å². The van der Waals surface area contributed by atoms with Crippen LogP contribution in [0.3, 0.4) is 0 Å². The van der Waals surface area contributed by atoms with Crippen molar-refractivity contribution in [1.82, 2.24) is 14.7 Å². The van der Waals surface area contributed by atoms with Crippen molar-refractivity contribution in [2.45, 2.75) is 19.3 Å². The highest BCUT2D eigenvalue weighted by atomic mass is 16.3. The third-order valence-electron chi connectivity index (χ3n) is 3.57. The van der Waals surface area contributed by atoms with E-state index < -0.39 is 0 Å². The second kappa shape index (κ2) is 10.5. The molecule has 0 fully saturated rings. The first-order valence-corrected chi connectivity index (χ1v) is 8.62. The number of benzene rings is 1. The SMILES string of the molecule is CN(C)C=CCc1cc(CC=CN(C)C)c(O)c(CC=CN(C)C)c1. The molecule has 0 aliphatic rings. The van der Waals surface area contributed by atoms with Crippen LogP contribution in [0.2, 0.25) is 0 Å². The minimum Gasteiger partial charge on any atom is -0.507 e. The molecule has 0 bridgehead atoms. The van der Waals surface area contributed by atoms with Gasteiger partial charge in [0.2, 0.25) is 0 Å². The largest absolute Gasteiger partial charge is 0.507 e. The van der Waals surface area contributed by atoms with Crippen molar-refractivity contribution >= 4 is 0 Å². The molecule has 0 amide bonds. The molecule has 1 aromatic rings. The van der Waals surface area contributed by atoms with E-state index in [9.17, 15) is 5.11 Å². The topological polar surface area (TPSA) is 30.0 Å². The number of allylic oxidation sites excluding steroid dienone is 3. The van der Waals surface area contributed by atoms with Gasteiger partial charge in [-0.2, -0.15) is 0 Å². The average Bonchev–Trinajstić information content (AvgIpc) is 2.50. The monoisotopic (exact) mass is 343 g/mol. The highest BCUT2D eigenvalue weighted by Gasteiger charge is 2.08. The van der Waals surface area contributed by atoms with Gasteiger partial charge in [-0.15, -0.1) is 0 Å². The summed E-state index contributed by atoms with van der Waals surface area (Å²) in [5.41, 5.74) is 3.17. The Balaban J connectivity index is 3.06. The number of hydrogen-bond acceptors (Lipinski definition) is 4. The number of aromatic hydroxyl groups is 1. The summed E-state index contributed by atoms with van der Waals surface area (Å²) < 4.78 is 0. The molecule has 0 saturated carbocycles. The molecule has 0 aliphatic heterocycles. The maximum absolute atomic E-state index is 10.6. The summed E-state index contributed by atoms with van der Waals surface area (Å²) in [5, 5.41) is 10.6. The highest BCUT2D eigenvalue weighted by Crippen LogP contribution is 2.27. The molecule has 25 heavy (non-hydrogen) atoms. The van der Waals surface area contributed by atoms with Gasteiger partial charge in [0.05, 0.1) is 0 Å². The standard InChI is InChI=1S/C21H33N3O/c1-22(2)13-7-10-18-16-19(11-8-14-23(3)4)21(25)20(17-18)12-9-15-24(5)6/h7-9,13-17,25H,10-12H2,1-6H3. The number of rotatable bonds is 9. The predicted octanol–water partition coefficient (Wildman–Crippen LogP) is 3.25. The average molecular weight is 344 g/mol. The molecule has 1 N–H and O–H groups in total. The van der Waals surface area contributed by atoms with Crippen molar-refractivity contribution in [2.24, 2.45) is 0 Å². The molecule has 0 aromatic heterocycles. The fourth-order valence-corrected chi connectivity index (χ4v) is 2.44. The van der Waals surface area contributed by atoms with Crippen molar-refractivity contribution in [3.8, 4) is 5.75 Å². The lowest BCUT2D eigenvalue weighted by Gasteiger charge is -2.12. The van der Waals surface area contributed by atoms with Gasteiger partial charge < -0.3 is 19.8 Å². The van der Waals surface area contributed by atoms with Crippen LogP contribution in [-0.4, -0.2) is 62.1 Å². The summed E-state index contributed by atoms with van der Waals surface area (Å²) in [4.78, 5) is 6.03. The molecule has 4 nitrogen and oxygen atoms in total. The first kappa shape index (κ1) is 20.7. The van der Waals surface area contributed by atoms with E-state index in [1.165, 1.54) is 5.56 Å². The van der Waals surface area contributed by atoms with Crippen LogP contribution in [-0.2, 0) is 19.3 Å². The Morgan fingerprint density at radius 2 is 1.04 bits per heavy atom. The molecule has 1 aromatic carbocycles. The zero-order valence-electron chi connectivity index (χ0n) is 16.5. The van der Waals surface area contributed by atoms with E-state index in [-0.39, 0.29) is 0 Å². The Bertz CT molecular complexity index is 573. The third-order valence-corrected chi connectivity index (χ3v) is 3.57. The van der Waals surface area contributed by atoms with Gasteiger partial charge in [0.1, 0.15) is 5.75 Å². The highest BCUT2D eigenvalue weighted by molar-refractivity contribution is 5.46. The van der Waals surface area contributed by atoms with E-state index in [2.05, 4.69) is 36.6 Å². The Morgan fingerprint density at radius 3 is 1.40 bits per heavy atom. The lowest BCUT2D eigenvalue weighted by atomic mass is 9.98. The van der Waals surface area contributed by atoms with Crippen LogP contribution >= 0.6 is 0 Å². The van der Waals surface area contributed by atoms with Crippen LogP contribution in [0.5, 0.6) is 5.75 Å². The van der Waals surface area contributed by atoms with Crippen molar-refractivity contribution in [3.05, 3.63) is 65.7 Å². The Hall–Kier alpha value is -2.36. The Kier molecular flexibility index (Phi) is 8.68. The summed E-state index contributed by atoms with van der Waals surface area (Å²) in [6.45, 7) is 0. The van der Waals surface area contributed by atoms with Crippen LogP contribution in [0.15, 0.2) is 49.0 Å². The lowest BCUT2D eigenvalue weighted by Crippen LogP contribution is -2.02. The van der Waals surface area contributed by atoms with Gasteiger partial charge in [0.15, 0.2) is 0 Å². The smallest absolute Gasteiger partial charge is 0.122 e. The minimum absolute atomic E-state index is 0.409.